The average molecular weight is 338 g/mol. The maximum absolute atomic E-state index is 10.2. The van der Waals surface area contributed by atoms with Gasteiger partial charge in [-0.25, -0.2) is 0 Å². The summed E-state index contributed by atoms with van der Waals surface area (Å²) >= 11 is 0. The van der Waals surface area contributed by atoms with E-state index >= 15 is 0 Å². The Kier molecular flexibility index (Phi) is 4.40. The summed E-state index contributed by atoms with van der Waals surface area (Å²) in [5, 5.41) is 10.2. The van der Waals surface area contributed by atoms with Crippen LogP contribution in [0.25, 0.3) is 22.3 Å². The molecule has 0 bridgehead atoms. The Hall–Kier alpha value is -3.52. The number of phenols is 1. The van der Waals surface area contributed by atoms with E-state index in [1.54, 1.807) is 6.07 Å². The Morgan fingerprint density at radius 1 is 0.500 bits per heavy atom. The Balaban J connectivity index is 1.59. The normalized spacial score (nSPS) is 10.5. The first-order valence-corrected chi connectivity index (χ1v) is 8.51. The van der Waals surface area contributed by atoms with Gasteiger partial charge in [-0.1, -0.05) is 78.9 Å². The first kappa shape index (κ1) is 16.0. The lowest BCUT2D eigenvalue weighted by Crippen LogP contribution is -1.87. The molecule has 0 unspecified atom stereocenters. The van der Waals surface area contributed by atoms with Crippen molar-refractivity contribution >= 4 is 0 Å². The lowest BCUT2D eigenvalue weighted by atomic mass is 10.1. The van der Waals surface area contributed by atoms with Crippen LogP contribution in [-0.4, -0.2) is 5.11 Å². The van der Waals surface area contributed by atoms with Gasteiger partial charge in [0.25, 0.3) is 0 Å². The fraction of sp³-hybridized carbons (Fsp3) is 0. The Bertz CT molecular complexity index is 991. The molecule has 2 nitrogen and oxygen atoms in total. The van der Waals surface area contributed by atoms with Gasteiger partial charge < -0.3 is 9.84 Å². The second kappa shape index (κ2) is 7.16. The van der Waals surface area contributed by atoms with Gasteiger partial charge in [-0.05, 0) is 46.5 Å². The molecule has 2 heteroatoms. The molecule has 0 atom stereocenters. The van der Waals surface area contributed by atoms with Gasteiger partial charge in [0.1, 0.15) is 5.75 Å². The second-order valence-electron chi connectivity index (χ2n) is 6.04. The Morgan fingerprint density at radius 3 is 1.62 bits per heavy atom. The fourth-order valence-corrected chi connectivity index (χ4v) is 2.88. The minimum Gasteiger partial charge on any atom is -0.504 e. The summed E-state index contributed by atoms with van der Waals surface area (Å²) in [5.41, 5.74) is 4.37. The van der Waals surface area contributed by atoms with E-state index in [1.807, 2.05) is 84.9 Å². The van der Waals surface area contributed by atoms with E-state index in [0.29, 0.717) is 11.5 Å². The molecule has 4 aromatic rings. The van der Waals surface area contributed by atoms with Gasteiger partial charge in [-0.2, -0.15) is 0 Å². The molecular formula is C24H18O2. The number of aromatic hydroxyl groups is 1. The van der Waals surface area contributed by atoms with Gasteiger partial charge in [0.15, 0.2) is 11.5 Å². The van der Waals surface area contributed by atoms with Crippen molar-refractivity contribution in [3.05, 3.63) is 103 Å². The lowest BCUT2D eigenvalue weighted by Gasteiger charge is -2.11. The molecule has 0 radical (unpaired) electrons. The highest BCUT2D eigenvalue weighted by Gasteiger charge is 2.07. The van der Waals surface area contributed by atoms with Crippen molar-refractivity contribution in [2.45, 2.75) is 0 Å². The third-order valence-corrected chi connectivity index (χ3v) is 4.26. The summed E-state index contributed by atoms with van der Waals surface area (Å²) in [6.45, 7) is 0. The van der Waals surface area contributed by atoms with E-state index in [1.165, 1.54) is 0 Å². The van der Waals surface area contributed by atoms with Crippen LogP contribution in [0.15, 0.2) is 103 Å². The molecule has 0 aliphatic heterocycles. The van der Waals surface area contributed by atoms with Crippen LogP contribution in [0.1, 0.15) is 0 Å². The van der Waals surface area contributed by atoms with Crippen molar-refractivity contribution < 1.29 is 9.84 Å². The third-order valence-electron chi connectivity index (χ3n) is 4.26. The van der Waals surface area contributed by atoms with Crippen molar-refractivity contribution in [1.82, 2.24) is 0 Å². The largest absolute Gasteiger partial charge is 0.504 e. The molecule has 0 heterocycles. The number of hydrogen-bond donors (Lipinski definition) is 1. The number of benzene rings is 4. The highest BCUT2D eigenvalue weighted by atomic mass is 16.5. The summed E-state index contributed by atoms with van der Waals surface area (Å²) in [6.07, 6.45) is 0. The molecule has 0 fully saturated rings. The first-order chi connectivity index (χ1) is 12.8. The highest BCUT2D eigenvalue weighted by molar-refractivity contribution is 5.67. The summed E-state index contributed by atoms with van der Waals surface area (Å²) in [7, 11) is 0. The first-order valence-electron chi connectivity index (χ1n) is 8.51. The van der Waals surface area contributed by atoms with Gasteiger partial charge in [-0.3, -0.25) is 0 Å². The van der Waals surface area contributed by atoms with Crippen molar-refractivity contribution in [2.75, 3.05) is 0 Å². The molecule has 0 saturated heterocycles. The molecule has 4 rings (SSSR count). The van der Waals surface area contributed by atoms with E-state index in [9.17, 15) is 5.11 Å². The standard InChI is InChI=1S/C24H18O2/c25-23-16-13-21(19-9-5-2-6-10-19)17-24(23)26-22-14-11-20(12-15-22)18-7-3-1-4-8-18/h1-17,25H. The second-order valence-corrected chi connectivity index (χ2v) is 6.04. The van der Waals surface area contributed by atoms with E-state index in [4.69, 9.17) is 4.74 Å². The van der Waals surface area contributed by atoms with E-state index in [0.717, 1.165) is 22.3 Å². The zero-order valence-electron chi connectivity index (χ0n) is 14.2. The molecule has 0 spiro atoms. The zero-order chi connectivity index (χ0) is 17.8. The molecule has 0 aliphatic rings. The van der Waals surface area contributed by atoms with Gasteiger partial charge >= 0.3 is 0 Å². The van der Waals surface area contributed by atoms with Crippen LogP contribution in [0.3, 0.4) is 0 Å². The van der Waals surface area contributed by atoms with Crippen LogP contribution >= 0.6 is 0 Å². The monoisotopic (exact) mass is 338 g/mol. The van der Waals surface area contributed by atoms with E-state index < -0.39 is 0 Å². The number of rotatable bonds is 4. The van der Waals surface area contributed by atoms with Crippen LogP contribution < -0.4 is 4.74 Å². The fourth-order valence-electron chi connectivity index (χ4n) is 2.88. The van der Waals surface area contributed by atoms with Crippen molar-refractivity contribution in [3.63, 3.8) is 0 Å². The Labute approximate surface area is 153 Å². The minimum atomic E-state index is 0.122. The third kappa shape index (κ3) is 3.45. The zero-order valence-corrected chi connectivity index (χ0v) is 14.2. The molecule has 0 amide bonds. The highest BCUT2D eigenvalue weighted by Crippen LogP contribution is 2.35. The summed E-state index contributed by atoms with van der Waals surface area (Å²) in [4.78, 5) is 0. The number of ether oxygens (including phenoxy) is 1. The van der Waals surface area contributed by atoms with Crippen molar-refractivity contribution in [3.8, 4) is 39.5 Å². The quantitative estimate of drug-likeness (QED) is 0.459. The maximum atomic E-state index is 10.2. The minimum absolute atomic E-state index is 0.122. The molecule has 0 saturated carbocycles. The van der Waals surface area contributed by atoms with Crippen LogP contribution in [-0.2, 0) is 0 Å². The molecular weight excluding hydrogens is 320 g/mol. The predicted octanol–water partition coefficient (Wildman–Crippen LogP) is 6.52. The molecule has 126 valence electrons. The van der Waals surface area contributed by atoms with Gasteiger partial charge in [-0.15, -0.1) is 0 Å². The van der Waals surface area contributed by atoms with Gasteiger partial charge in [0.05, 0.1) is 0 Å². The van der Waals surface area contributed by atoms with Crippen LogP contribution in [0.5, 0.6) is 17.2 Å². The van der Waals surface area contributed by atoms with Crippen molar-refractivity contribution in [2.24, 2.45) is 0 Å². The lowest BCUT2D eigenvalue weighted by molar-refractivity contribution is 0.411. The molecule has 1 N–H and O–H groups in total. The summed E-state index contributed by atoms with van der Waals surface area (Å²) in [6, 6.07) is 33.5. The number of phenolic OH excluding ortho intramolecular Hbond substituents is 1. The van der Waals surface area contributed by atoms with Gasteiger partial charge in [0, 0.05) is 0 Å². The van der Waals surface area contributed by atoms with Crippen LogP contribution in [0.4, 0.5) is 0 Å². The molecule has 0 aromatic heterocycles. The summed E-state index contributed by atoms with van der Waals surface area (Å²) < 4.78 is 5.91. The predicted molar refractivity (Wildman–Crippen MR) is 105 cm³/mol. The molecule has 4 aromatic carbocycles. The van der Waals surface area contributed by atoms with Crippen LogP contribution in [0.2, 0.25) is 0 Å². The van der Waals surface area contributed by atoms with E-state index in [2.05, 4.69) is 12.1 Å². The number of hydrogen-bond acceptors (Lipinski definition) is 2. The van der Waals surface area contributed by atoms with E-state index in [-0.39, 0.29) is 5.75 Å². The SMILES string of the molecule is Oc1ccc(-c2ccccc2)cc1Oc1ccc(-c2ccccc2)cc1. The van der Waals surface area contributed by atoms with Gasteiger partial charge in [0.2, 0.25) is 0 Å². The maximum Gasteiger partial charge on any atom is 0.169 e. The molecule has 26 heavy (non-hydrogen) atoms. The summed E-state index contributed by atoms with van der Waals surface area (Å²) in [5.74, 6) is 1.25. The smallest absolute Gasteiger partial charge is 0.169 e. The Morgan fingerprint density at radius 2 is 1.00 bits per heavy atom. The topological polar surface area (TPSA) is 29.5 Å². The molecule has 0 aliphatic carbocycles. The van der Waals surface area contributed by atoms with Crippen LogP contribution in [0, 0.1) is 0 Å². The average Bonchev–Trinajstić information content (AvgIpc) is 2.71. The van der Waals surface area contributed by atoms with Crippen molar-refractivity contribution in [1.29, 1.82) is 0 Å².